The summed E-state index contributed by atoms with van der Waals surface area (Å²) >= 11 is 9.57. The number of rotatable bonds is 7. The molecule has 0 saturated heterocycles. The minimum absolute atomic E-state index is 0.252. The molecule has 3 aromatic rings. The molecule has 7 heteroatoms. The summed E-state index contributed by atoms with van der Waals surface area (Å²) in [6.45, 7) is 0.252. The second kappa shape index (κ2) is 10.1. The molecular formula is C22H18BrClN2O3. The van der Waals surface area contributed by atoms with E-state index in [0.29, 0.717) is 22.1 Å². The molecule has 0 spiro atoms. The van der Waals surface area contributed by atoms with Crippen molar-refractivity contribution in [3.8, 4) is 11.5 Å². The van der Waals surface area contributed by atoms with Crippen LogP contribution < -0.4 is 14.9 Å². The lowest BCUT2D eigenvalue weighted by atomic mass is 10.2. The summed E-state index contributed by atoms with van der Waals surface area (Å²) in [7, 11) is 1.58. The van der Waals surface area contributed by atoms with Crippen molar-refractivity contribution < 1.29 is 14.3 Å². The molecule has 0 radical (unpaired) electrons. The van der Waals surface area contributed by atoms with Gasteiger partial charge in [-0.1, -0.05) is 57.9 Å². The van der Waals surface area contributed by atoms with Crippen LogP contribution in [0.1, 0.15) is 21.5 Å². The van der Waals surface area contributed by atoms with Gasteiger partial charge in [0.1, 0.15) is 18.1 Å². The van der Waals surface area contributed by atoms with E-state index >= 15 is 0 Å². The van der Waals surface area contributed by atoms with Gasteiger partial charge in [-0.3, -0.25) is 4.79 Å². The molecule has 0 aromatic heterocycles. The number of hydrazone groups is 1. The van der Waals surface area contributed by atoms with Gasteiger partial charge in [0.25, 0.3) is 5.91 Å². The maximum Gasteiger partial charge on any atom is 0.275 e. The molecule has 0 bridgehead atoms. The van der Waals surface area contributed by atoms with Crippen molar-refractivity contribution in [2.45, 2.75) is 6.61 Å². The number of ether oxygens (including phenoxy) is 2. The van der Waals surface area contributed by atoms with Crippen molar-refractivity contribution in [3.05, 3.63) is 92.9 Å². The van der Waals surface area contributed by atoms with Crippen molar-refractivity contribution in [2.75, 3.05) is 7.11 Å². The Labute approximate surface area is 182 Å². The van der Waals surface area contributed by atoms with Gasteiger partial charge >= 0.3 is 0 Å². The van der Waals surface area contributed by atoms with E-state index in [1.54, 1.807) is 37.4 Å². The maximum absolute atomic E-state index is 12.6. The first-order chi connectivity index (χ1) is 14.1. The highest BCUT2D eigenvalue weighted by atomic mass is 79.9. The zero-order valence-electron chi connectivity index (χ0n) is 15.6. The van der Waals surface area contributed by atoms with Crippen LogP contribution in [-0.2, 0) is 6.61 Å². The van der Waals surface area contributed by atoms with Gasteiger partial charge in [0, 0.05) is 20.6 Å². The molecule has 5 nitrogen and oxygen atoms in total. The van der Waals surface area contributed by atoms with Crippen LogP contribution in [0.3, 0.4) is 0 Å². The van der Waals surface area contributed by atoms with Crippen molar-refractivity contribution in [3.63, 3.8) is 0 Å². The Kier molecular flexibility index (Phi) is 7.27. The summed E-state index contributed by atoms with van der Waals surface area (Å²) in [5.41, 5.74) is 4.46. The molecular weight excluding hydrogens is 456 g/mol. The number of nitrogens with zero attached hydrogens (tertiary/aromatic N) is 1. The Balaban J connectivity index is 1.70. The molecule has 148 valence electrons. The lowest BCUT2D eigenvalue weighted by Crippen LogP contribution is -2.18. The number of benzene rings is 3. The van der Waals surface area contributed by atoms with Crippen LogP contribution in [0.4, 0.5) is 0 Å². The zero-order chi connectivity index (χ0) is 20.6. The molecule has 0 aliphatic heterocycles. The second-order valence-corrected chi connectivity index (χ2v) is 7.28. The van der Waals surface area contributed by atoms with Gasteiger partial charge in [-0.05, 0) is 36.4 Å². The fourth-order valence-electron chi connectivity index (χ4n) is 2.58. The number of nitrogens with one attached hydrogen (secondary N) is 1. The van der Waals surface area contributed by atoms with Gasteiger partial charge in [0.2, 0.25) is 0 Å². The van der Waals surface area contributed by atoms with E-state index in [1.807, 2.05) is 36.4 Å². The molecule has 0 saturated carbocycles. The van der Waals surface area contributed by atoms with E-state index in [4.69, 9.17) is 21.1 Å². The molecule has 0 aliphatic rings. The molecule has 0 fully saturated rings. The first-order valence-electron chi connectivity index (χ1n) is 8.70. The molecule has 1 amide bonds. The number of amides is 1. The largest absolute Gasteiger partial charge is 0.496 e. The Hall–Kier alpha value is -2.83. The lowest BCUT2D eigenvalue weighted by molar-refractivity contribution is 0.0950. The highest BCUT2D eigenvalue weighted by molar-refractivity contribution is 9.10. The van der Waals surface area contributed by atoms with Crippen LogP contribution in [0.5, 0.6) is 11.5 Å². The normalized spacial score (nSPS) is 10.7. The van der Waals surface area contributed by atoms with Gasteiger partial charge in [-0.25, -0.2) is 5.43 Å². The van der Waals surface area contributed by atoms with E-state index in [-0.39, 0.29) is 12.5 Å². The predicted octanol–water partition coefficient (Wildman–Crippen LogP) is 5.45. The number of carbonyl (C=O) groups excluding carboxylic acids is 1. The SMILES string of the molecule is COc1ccc(Br)cc1/C=N/NC(=O)c1ccccc1OCc1ccccc1Cl. The van der Waals surface area contributed by atoms with E-state index < -0.39 is 0 Å². The first-order valence-corrected chi connectivity index (χ1v) is 9.87. The molecule has 0 atom stereocenters. The molecule has 3 rings (SSSR count). The standard InChI is InChI=1S/C22H18BrClN2O3/c1-28-20-11-10-17(23)12-16(20)13-25-26-22(27)18-7-3-5-9-21(18)29-14-15-6-2-4-8-19(15)24/h2-13H,14H2,1H3,(H,26,27)/b25-13+. The van der Waals surface area contributed by atoms with Gasteiger partial charge in [0.15, 0.2) is 0 Å². The zero-order valence-corrected chi connectivity index (χ0v) is 17.9. The summed E-state index contributed by atoms with van der Waals surface area (Å²) < 4.78 is 12.0. The topological polar surface area (TPSA) is 59.9 Å². The maximum atomic E-state index is 12.6. The van der Waals surface area contributed by atoms with Gasteiger partial charge in [0.05, 0.1) is 18.9 Å². The highest BCUT2D eigenvalue weighted by Gasteiger charge is 2.12. The van der Waals surface area contributed by atoms with Crippen LogP contribution in [0, 0.1) is 0 Å². The predicted molar refractivity (Wildman–Crippen MR) is 118 cm³/mol. The number of halogens is 2. The van der Waals surface area contributed by atoms with Crippen LogP contribution in [0.25, 0.3) is 0 Å². The third-order valence-corrected chi connectivity index (χ3v) is 4.90. The smallest absolute Gasteiger partial charge is 0.275 e. The Morgan fingerprint density at radius 3 is 2.66 bits per heavy atom. The third-order valence-electron chi connectivity index (χ3n) is 4.03. The van der Waals surface area contributed by atoms with E-state index in [2.05, 4.69) is 26.5 Å². The summed E-state index contributed by atoms with van der Waals surface area (Å²) in [4.78, 5) is 12.6. The summed E-state index contributed by atoms with van der Waals surface area (Å²) in [6.07, 6.45) is 1.52. The number of para-hydroxylation sites is 1. The average Bonchev–Trinajstić information content (AvgIpc) is 2.73. The van der Waals surface area contributed by atoms with Crippen LogP contribution in [0.2, 0.25) is 5.02 Å². The van der Waals surface area contributed by atoms with Crippen LogP contribution in [-0.4, -0.2) is 19.2 Å². The van der Waals surface area contributed by atoms with Gasteiger partial charge < -0.3 is 9.47 Å². The number of methoxy groups -OCH3 is 1. The fourth-order valence-corrected chi connectivity index (χ4v) is 3.15. The monoisotopic (exact) mass is 472 g/mol. The second-order valence-electron chi connectivity index (χ2n) is 5.96. The summed E-state index contributed by atoms with van der Waals surface area (Å²) in [6, 6.07) is 19.9. The Morgan fingerprint density at radius 1 is 1.10 bits per heavy atom. The average molecular weight is 474 g/mol. The summed E-state index contributed by atoms with van der Waals surface area (Å²) in [5.74, 6) is 0.708. The molecule has 1 N–H and O–H groups in total. The van der Waals surface area contributed by atoms with Crippen molar-refractivity contribution >= 4 is 39.7 Å². The molecule has 0 heterocycles. The minimum atomic E-state index is -0.384. The summed E-state index contributed by atoms with van der Waals surface area (Å²) in [5, 5.41) is 4.65. The third kappa shape index (κ3) is 5.59. The van der Waals surface area contributed by atoms with Crippen molar-refractivity contribution in [2.24, 2.45) is 5.10 Å². The van der Waals surface area contributed by atoms with Crippen molar-refractivity contribution in [1.82, 2.24) is 5.43 Å². The lowest BCUT2D eigenvalue weighted by Gasteiger charge is -2.11. The molecule has 3 aromatic carbocycles. The Bertz CT molecular complexity index is 1040. The Morgan fingerprint density at radius 2 is 1.86 bits per heavy atom. The molecule has 0 aliphatic carbocycles. The highest BCUT2D eigenvalue weighted by Crippen LogP contribution is 2.23. The molecule has 29 heavy (non-hydrogen) atoms. The van der Waals surface area contributed by atoms with Crippen LogP contribution >= 0.6 is 27.5 Å². The van der Waals surface area contributed by atoms with E-state index in [9.17, 15) is 4.79 Å². The fraction of sp³-hybridized carbons (Fsp3) is 0.0909. The van der Waals surface area contributed by atoms with Crippen LogP contribution in [0.15, 0.2) is 76.3 Å². The quantitative estimate of drug-likeness (QED) is 0.366. The first kappa shape index (κ1) is 20.9. The number of hydrogen-bond donors (Lipinski definition) is 1. The number of hydrogen-bond acceptors (Lipinski definition) is 4. The molecule has 0 unspecified atom stereocenters. The van der Waals surface area contributed by atoms with Gasteiger partial charge in [-0.15, -0.1) is 0 Å². The van der Waals surface area contributed by atoms with Gasteiger partial charge in [-0.2, -0.15) is 5.10 Å². The van der Waals surface area contributed by atoms with E-state index in [0.717, 1.165) is 15.6 Å². The van der Waals surface area contributed by atoms with E-state index in [1.165, 1.54) is 6.21 Å². The minimum Gasteiger partial charge on any atom is -0.496 e. The van der Waals surface area contributed by atoms with Crippen molar-refractivity contribution in [1.29, 1.82) is 0 Å². The number of carbonyl (C=O) groups is 1.